The van der Waals surface area contributed by atoms with Gasteiger partial charge in [0.2, 0.25) is 0 Å². The maximum Gasteiger partial charge on any atom is 3.00 e. The van der Waals surface area contributed by atoms with Crippen LogP contribution in [0.3, 0.4) is 0 Å². The molecule has 24 heteroatoms. The summed E-state index contributed by atoms with van der Waals surface area (Å²) < 4.78 is 19.9. The van der Waals surface area contributed by atoms with Crippen molar-refractivity contribution >= 4 is 59.6 Å². The van der Waals surface area contributed by atoms with Gasteiger partial charge in [-0.25, -0.2) is 0 Å². The van der Waals surface area contributed by atoms with E-state index in [-0.39, 0.29) is 134 Å². The van der Waals surface area contributed by atoms with Gasteiger partial charge in [0.25, 0.3) is 0 Å². The van der Waals surface area contributed by atoms with E-state index >= 15 is 0 Å². The average molecular weight is 1150 g/mol. The maximum absolute atomic E-state index is 11.9. The minimum absolute atomic E-state index is 0. The monoisotopic (exact) mass is 1150 g/mol. The third-order valence-electron chi connectivity index (χ3n) is 6.55. The number of nitriles is 1. The van der Waals surface area contributed by atoms with Crippen molar-refractivity contribution in [1.29, 1.82) is 5.26 Å². The van der Waals surface area contributed by atoms with E-state index in [0.717, 1.165) is 0 Å². The van der Waals surface area contributed by atoms with E-state index in [0.29, 0.717) is 48.4 Å². The first-order valence-electron chi connectivity index (χ1n) is 16.8. The van der Waals surface area contributed by atoms with Crippen LogP contribution < -0.4 is 39.4 Å². The van der Waals surface area contributed by atoms with E-state index in [1.54, 1.807) is 78.9 Å². The van der Waals surface area contributed by atoms with Crippen LogP contribution in [0.2, 0.25) is 0 Å². The van der Waals surface area contributed by atoms with Gasteiger partial charge in [0.1, 0.15) is 23.0 Å². The van der Waals surface area contributed by atoms with Crippen molar-refractivity contribution in [2.24, 2.45) is 20.0 Å². The fraction of sp³-hybridized carbons (Fsp3) is 0.225. The average Bonchev–Trinajstić information content (AvgIpc) is 3.23. The maximum atomic E-state index is 11.9. The number of isothiocyanates is 2. The second-order valence-corrected chi connectivity index (χ2v) is 10.7. The van der Waals surface area contributed by atoms with E-state index in [9.17, 15) is 20.4 Å². The molecule has 0 aromatic heterocycles. The van der Waals surface area contributed by atoms with E-state index in [2.05, 4.69) is 44.4 Å². The van der Waals surface area contributed by atoms with Gasteiger partial charge < -0.3 is 65.5 Å². The van der Waals surface area contributed by atoms with Crippen LogP contribution in [0, 0.1) is 76.0 Å². The first-order valence-corrected chi connectivity index (χ1v) is 17.6. The fourth-order valence-corrected chi connectivity index (χ4v) is 4.06. The fourth-order valence-electron chi connectivity index (χ4n) is 4.06. The van der Waals surface area contributed by atoms with Crippen molar-refractivity contribution in [1.82, 2.24) is 0 Å². The van der Waals surface area contributed by atoms with Gasteiger partial charge in [-0.15, -0.1) is 0 Å². The summed E-state index contributed by atoms with van der Waals surface area (Å²) in [5.74, 6) is 0.380. The topological polar surface area (TPSA) is 313 Å². The summed E-state index contributed by atoms with van der Waals surface area (Å²) in [5.41, 5.74) is 1.86. The van der Waals surface area contributed by atoms with Crippen LogP contribution in [-0.2, 0) is 39.0 Å². The van der Waals surface area contributed by atoms with Crippen LogP contribution in [0.15, 0.2) is 92.8 Å². The molecule has 0 radical (unpaired) electrons. The number of benzene rings is 4. The number of rotatable bonds is 14. The Balaban J connectivity index is -0.000000275. The van der Waals surface area contributed by atoms with Gasteiger partial charge in [0.15, 0.2) is 0 Å². The zero-order valence-corrected chi connectivity index (χ0v) is 45.2. The molecule has 0 fully saturated rings. The molecule has 0 saturated carbocycles. The Bertz CT molecular complexity index is 1900. The zero-order valence-electron chi connectivity index (χ0n) is 35.2. The van der Waals surface area contributed by atoms with Crippen LogP contribution in [0.1, 0.15) is 29.2 Å². The molecule has 4 aromatic rings. The number of para-hydroxylation sites is 4. The summed E-state index contributed by atoms with van der Waals surface area (Å²) in [6, 6.07) is 21.8. The van der Waals surface area contributed by atoms with Crippen molar-refractivity contribution in [2.75, 3.05) is 54.6 Å². The van der Waals surface area contributed by atoms with Crippen molar-refractivity contribution in [3.8, 4) is 52.1 Å². The Hall–Kier alpha value is -4.92. The normalized spacial score (nSPS) is 9.19. The first-order chi connectivity index (χ1) is 29.3. The van der Waals surface area contributed by atoms with E-state index in [1.165, 1.54) is 70.5 Å². The number of hydrogen-bond donors (Lipinski definition) is 0. The van der Waals surface area contributed by atoms with Crippen LogP contribution in [0.4, 0.5) is 0 Å². The molecule has 0 saturated heterocycles. The Kier molecular flexibility index (Phi) is 47.6. The third kappa shape index (κ3) is 30.2. The molecule has 19 nitrogen and oxygen atoms in total. The summed E-state index contributed by atoms with van der Waals surface area (Å²) in [4.78, 5) is 24.9. The molecule has 4 rings (SSSR count). The van der Waals surface area contributed by atoms with Crippen molar-refractivity contribution in [3.05, 3.63) is 121 Å². The molecule has 0 atom stereocenters. The number of ether oxygens (including phenoxy) is 4. The SMILES string of the molecule is CC#N.COc1cccc(C=NCCN=Cc2cccc(OC)c2[O-])c1[O-].COc1cccc(C=NCCN=Cc2cccc(OC)c2[O-])c1[O-].O=[N+]([O-])[O-].[Eu+3].[N-]=C=S.[N-]=C=S.[Zn+2].[Zn+2]. The number of aliphatic imine (C=N–C) groups is 4. The Labute approximate surface area is 447 Å². The van der Waals surface area contributed by atoms with Gasteiger partial charge in [-0.05, 0) is 46.5 Å². The molecule has 0 N–H and O–H groups in total. The van der Waals surface area contributed by atoms with E-state index < -0.39 is 5.09 Å². The van der Waals surface area contributed by atoms with Crippen molar-refractivity contribution in [3.63, 3.8) is 0 Å². The molecule has 0 amide bonds. The van der Waals surface area contributed by atoms with Gasteiger partial charge in [-0.3, -0.25) is 20.0 Å². The number of hydrogen-bond acceptors (Lipinski definition) is 18. The van der Waals surface area contributed by atoms with Crippen LogP contribution in [0.5, 0.6) is 46.0 Å². The molecule has 0 bridgehead atoms. The molecule has 0 heterocycles. The smallest absolute Gasteiger partial charge is 0.870 e. The van der Waals surface area contributed by atoms with Crippen molar-refractivity contribution in [2.45, 2.75) is 6.92 Å². The van der Waals surface area contributed by atoms with Gasteiger partial charge in [0.05, 0.1) is 65.8 Å². The second-order valence-electron chi connectivity index (χ2n) is 10.3. The van der Waals surface area contributed by atoms with Gasteiger partial charge >= 0.3 is 88.3 Å². The number of methoxy groups -OCH3 is 4. The summed E-state index contributed by atoms with van der Waals surface area (Å²) in [7, 11) is 5.81. The molecular weight excluding hydrogens is 1120 g/mol. The Morgan fingerprint density at radius 3 is 0.859 bits per heavy atom. The van der Waals surface area contributed by atoms with Crippen LogP contribution in [0.25, 0.3) is 10.8 Å². The molecule has 4 aromatic carbocycles. The van der Waals surface area contributed by atoms with Crippen molar-refractivity contribution < 1.29 is 133 Å². The molecule has 0 aliphatic heterocycles. The largest absolute Gasteiger partial charge is 3.00 e. The first kappa shape index (κ1) is 68.1. The van der Waals surface area contributed by atoms with E-state index in [4.69, 9.17) is 50.3 Å². The third-order valence-corrected chi connectivity index (χ3v) is 6.55. The summed E-state index contributed by atoms with van der Waals surface area (Å²) >= 11 is 7.40. The molecule has 0 aliphatic carbocycles. The zero-order chi connectivity index (χ0) is 46.4. The summed E-state index contributed by atoms with van der Waals surface area (Å²) in [6.07, 6.45) is 6.02. The molecule has 0 unspecified atom stereocenters. The minimum Gasteiger partial charge on any atom is -0.870 e. The Morgan fingerprint density at radius 2 is 0.719 bits per heavy atom. The molecule has 0 aliphatic rings. The molecule has 328 valence electrons. The van der Waals surface area contributed by atoms with Gasteiger partial charge in [-0.1, -0.05) is 96.0 Å². The van der Waals surface area contributed by atoms with Gasteiger partial charge in [0, 0.05) is 31.8 Å². The van der Waals surface area contributed by atoms with E-state index in [1.807, 2.05) is 0 Å². The molecule has 0 spiro atoms. The quantitative estimate of drug-likeness (QED) is 0.0423. The summed E-state index contributed by atoms with van der Waals surface area (Å²) in [5, 5.41) is 86.6. The summed E-state index contributed by atoms with van der Waals surface area (Å²) in [6.45, 7) is 3.06. The standard InChI is InChI=1S/2C18H20N2O4.C2H3N.2CNS.Eu.NO3.2Zn/c2*1-23-15-7-3-5-13(17(15)21)11-19-9-10-20-12-14-6-4-8-16(24-2)18(14)22;1-2-3;2*2-1-3;;2-1(3)4;;/h2*3-8,11-12,21-22H,9-10H2,1-2H3;1H3;;;;;;/q;;;2*-1;+3;-1;2*+2/p-4. The molecular formula is C40H39EuN8O11S2Zn2. The predicted molar refractivity (Wildman–Crippen MR) is 233 cm³/mol. The second kappa shape index (κ2) is 44.7. The Morgan fingerprint density at radius 1 is 0.562 bits per heavy atom. The van der Waals surface area contributed by atoms with Crippen LogP contribution >= 0.6 is 24.4 Å². The van der Waals surface area contributed by atoms with Crippen LogP contribution in [-0.4, -0.2) is 94.9 Å². The molecule has 64 heavy (non-hydrogen) atoms. The number of nitrogens with zero attached hydrogens (tertiary/aromatic N) is 8. The number of thiocarbonyl (C=S) groups is 2. The van der Waals surface area contributed by atoms with Gasteiger partial charge in [-0.2, -0.15) is 15.6 Å². The predicted octanol–water partition coefficient (Wildman–Crippen LogP) is 4.38. The minimum atomic E-state index is -1.75.